The molecule has 9 nitrogen and oxygen atoms in total. The fourth-order valence-electron chi connectivity index (χ4n) is 4.01. The molecule has 3 aromatic rings. The van der Waals surface area contributed by atoms with Gasteiger partial charge in [0.25, 0.3) is 5.91 Å². The number of nitrogens with zero attached hydrogens (tertiary/aromatic N) is 4. The summed E-state index contributed by atoms with van der Waals surface area (Å²) in [5.74, 6) is 1.17. The van der Waals surface area contributed by atoms with E-state index in [1.165, 1.54) is 12.4 Å². The zero-order valence-electron chi connectivity index (χ0n) is 19.4. The average molecular weight is 507 g/mol. The van der Waals surface area contributed by atoms with Crippen molar-refractivity contribution in [3.05, 3.63) is 34.1 Å². The van der Waals surface area contributed by atoms with Crippen LogP contribution in [-0.2, 0) is 11.8 Å². The lowest BCUT2D eigenvalue weighted by Crippen LogP contribution is -2.37. The molecule has 0 atom stereocenters. The van der Waals surface area contributed by atoms with E-state index in [1.54, 1.807) is 24.8 Å². The summed E-state index contributed by atoms with van der Waals surface area (Å²) < 4.78 is 12.7. The van der Waals surface area contributed by atoms with Gasteiger partial charge >= 0.3 is 0 Å². The van der Waals surface area contributed by atoms with E-state index in [1.807, 2.05) is 0 Å². The van der Waals surface area contributed by atoms with Crippen LogP contribution in [0.1, 0.15) is 43.0 Å². The smallest absolute Gasteiger partial charge is 0.257 e. The number of halogens is 2. The Morgan fingerprint density at radius 2 is 1.85 bits per heavy atom. The number of hydrogen-bond donors (Lipinski definition) is 2. The van der Waals surface area contributed by atoms with Gasteiger partial charge in [-0.25, -0.2) is 4.98 Å². The van der Waals surface area contributed by atoms with Crippen LogP contribution < -0.4 is 15.4 Å². The van der Waals surface area contributed by atoms with Gasteiger partial charge in [-0.2, -0.15) is 4.98 Å². The molecule has 182 valence electrons. The summed E-state index contributed by atoms with van der Waals surface area (Å²) >= 11 is 12.5. The molecule has 2 N–H and O–H groups in total. The molecule has 0 unspecified atom stereocenters. The molecular weight excluding hydrogens is 479 g/mol. The fourth-order valence-corrected chi connectivity index (χ4v) is 4.47. The molecule has 1 amide bonds. The van der Waals surface area contributed by atoms with Gasteiger partial charge in [-0.05, 0) is 37.7 Å². The number of fused-ring (bicyclic) bond motifs is 1. The maximum Gasteiger partial charge on any atom is 0.257 e. The van der Waals surface area contributed by atoms with E-state index in [0.717, 1.165) is 25.7 Å². The molecule has 11 heteroatoms. The lowest BCUT2D eigenvalue weighted by molar-refractivity contribution is 0.0914. The first-order valence-electron chi connectivity index (χ1n) is 11.2. The van der Waals surface area contributed by atoms with E-state index in [-0.39, 0.29) is 24.4 Å². The van der Waals surface area contributed by atoms with Gasteiger partial charge in [0, 0.05) is 32.6 Å². The van der Waals surface area contributed by atoms with Crippen LogP contribution in [0.15, 0.2) is 18.5 Å². The second-order valence-electron chi connectivity index (χ2n) is 8.55. The number of carbonyl (C=O) groups is 1. The Morgan fingerprint density at radius 1 is 1.15 bits per heavy atom. The second kappa shape index (κ2) is 10.8. The van der Waals surface area contributed by atoms with Crippen LogP contribution in [-0.4, -0.2) is 51.8 Å². The van der Waals surface area contributed by atoms with Gasteiger partial charge in [0.2, 0.25) is 11.8 Å². The SMILES string of the molecule is COCCOc1nc2c(cc1C(=O)N[C@H]1CC[C@H](C)CC1)nc(Nc1c(Cl)cncc1Cl)n2C. The van der Waals surface area contributed by atoms with Crippen molar-refractivity contribution in [1.82, 2.24) is 24.8 Å². The average Bonchev–Trinajstić information content (AvgIpc) is 3.12. The number of aryl methyl sites for hydroxylation is 1. The van der Waals surface area contributed by atoms with Crippen molar-refractivity contribution in [2.75, 3.05) is 25.6 Å². The molecule has 0 saturated heterocycles. The van der Waals surface area contributed by atoms with Gasteiger partial charge in [0.1, 0.15) is 17.7 Å². The number of carbonyl (C=O) groups excluding carboxylic acids is 1. The first kappa shape index (κ1) is 24.5. The van der Waals surface area contributed by atoms with Gasteiger partial charge in [-0.1, -0.05) is 30.1 Å². The van der Waals surface area contributed by atoms with E-state index in [9.17, 15) is 4.79 Å². The summed E-state index contributed by atoms with van der Waals surface area (Å²) in [4.78, 5) is 26.4. The predicted octanol–water partition coefficient (Wildman–Crippen LogP) is 4.75. The third-order valence-electron chi connectivity index (χ3n) is 6.02. The van der Waals surface area contributed by atoms with Crippen LogP contribution in [0.5, 0.6) is 5.88 Å². The van der Waals surface area contributed by atoms with E-state index >= 15 is 0 Å². The Bertz CT molecular complexity index is 1160. The summed E-state index contributed by atoms with van der Waals surface area (Å²) in [7, 11) is 3.39. The lowest BCUT2D eigenvalue weighted by atomic mass is 9.87. The molecule has 3 heterocycles. The Hall–Kier alpha value is -2.62. The first-order valence-corrected chi connectivity index (χ1v) is 12.0. The van der Waals surface area contributed by atoms with Crippen LogP contribution in [0.4, 0.5) is 11.6 Å². The quantitative estimate of drug-likeness (QED) is 0.425. The van der Waals surface area contributed by atoms with Gasteiger partial charge in [0.05, 0.1) is 22.3 Å². The number of imidazole rings is 1. The molecule has 0 spiro atoms. The van der Waals surface area contributed by atoms with Gasteiger partial charge in [-0.3, -0.25) is 14.3 Å². The van der Waals surface area contributed by atoms with Crippen LogP contribution in [0.3, 0.4) is 0 Å². The minimum Gasteiger partial charge on any atom is -0.475 e. The minimum absolute atomic E-state index is 0.142. The van der Waals surface area contributed by atoms with Crippen molar-refractivity contribution in [1.29, 1.82) is 0 Å². The van der Waals surface area contributed by atoms with Crippen LogP contribution >= 0.6 is 23.2 Å². The molecule has 1 aliphatic rings. The molecule has 0 aliphatic heterocycles. The molecular formula is C23H28Cl2N6O3. The Balaban J connectivity index is 1.66. The topological polar surface area (TPSA) is 103 Å². The lowest BCUT2D eigenvalue weighted by Gasteiger charge is -2.27. The zero-order valence-corrected chi connectivity index (χ0v) is 20.9. The van der Waals surface area contributed by atoms with Crippen LogP contribution in [0.2, 0.25) is 10.0 Å². The maximum atomic E-state index is 13.2. The van der Waals surface area contributed by atoms with Gasteiger partial charge in [0.15, 0.2) is 5.65 Å². The second-order valence-corrected chi connectivity index (χ2v) is 9.37. The number of methoxy groups -OCH3 is 1. The number of anilines is 2. The molecule has 4 rings (SSSR count). The molecule has 1 aliphatic carbocycles. The molecule has 34 heavy (non-hydrogen) atoms. The highest BCUT2D eigenvalue weighted by molar-refractivity contribution is 6.39. The standard InChI is InChI=1S/C23H28Cl2N6O3/c1-13-4-6-14(7-5-13)27-21(32)15-10-18-20(30-22(15)34-9-8-33-3)31(2)23(28-18)29-19-16(24)11-26-12-17(19)25/h10-14H,4-9H2,1-3H3,(H,27,32)(H,26,28,29)/t13-,14-. The first-order chi connectivity index (χ1) is 16.4. The number of amides is 1. The Labute approximate surface area is 208 Å². The maximum absolute atomic E-state index is 13.2. The van der Waals surface area contributed by atoms with E-state index in [2.05, 4.69) is 32.5 Å². The number of aromatic nitrogens is 4. The van der Waals surface area contributed by atoms with Crippen molar-refractivity contribution in [2.24, 2.45) is 13.0 Å². The van der Waals surface area contributed by atoms with E-state index in [4.69, 9.17) is 32.7 Å². The number of hydrogen-bond acceptors (Lipinski definition) is 7. The Morgan fingerprint density at radius 3 is 2.53 bits per heavy atom. The molecule has 0 radical (unpaired) electrons. The number of nitrogens with one attached hydrogen (secondary N) is 2. The summed E-state index contributed by atoms with van der Waals surface area (Å²) in [5, 5.41) is 7.00. The third-order valence-corrected chi connectivity index (χ3v) is 6.60. The number of ether oxygens (including phenoxy) is 2. The molecule has 1 saturated carbocycles. The highest BCUT2D eigenvalue weighted by Gasteiger charge is 2.24. The van der Waals surface area contributed by atoms with E-state index < -0.39 is 0 Å². The van der Waals surface area contributed by atoms with Crippen LogP contribution in [0, 0.1) is 5.92 Å². The van der Waals surface area contributed by atoms with Crippen molar-refractivity contribution < 1.29 is 14.3 Å². The van der Waals surface area contributed by atoms with Crippen molar-refractivity contribution in [3.8, 4) is 5.88 Å². The zero-order chi connectivity index (χ0) is 24.2. The molecule has 1 fully saturated rings. The van der Waals surface area contributed by atoms with Crippen molar-refractivity contribution in [3.63, 3.8) is 0 Å². The number of pyridine rings is 2. The summed E-state index contributed by atoms with van der Waals surface area (Å²) in [6.45, 7) is 2.89. The highest BCUT2D eigenvalue weighted by Crippen LogP contribution is 2.33. The summed E-state index contributed by atoms with van der Waals surface area (Å²) in [6.07, 6.45) is 7.13. The third kappa shape index (κ3) is 5.37. The van der Waals surface area contributed by atoms with Crippen molar-refractivity contribution >= 4 is 51.9 Å². The van der Waals surface area contributed by atoms with Gasteiger partial charge < -0.3 is 20.1 Å². The summed E-state index contributed by atoms with van der Waals surface area (Å²) in [6, 6.07) is 1.84. The fraction of sp³-hybridized carbons (Fsp3) is 0.478. The number of rotatable bonds is 8. The molecule has 0 aromatic carbocycles. The summed E-state index contributed by atoms with van der Waals surface area (Å²) in [5.41, 5.74) is 1.90. The molecule has 3 aromatic heterocycles. The Kier molecular flexibility index (Phi) is 7.75. The largest absolute Gasteiger partial charge is 0.475 e. The predicted molar refractivity (Wildman–Crippen MR) is 132 cm³/mol. The van der Waals surface area contributed by atoms with Gasteiger partial charge in [-0.15, -0.1) is 0 Å². The monoisotopic (exact) mass is 506 g/mol. The minimum atomic E-state index is -0.221. The van der Waals surface area contributed by atoms with E-state index in [0.29, 0.717) is 50.9 Å². The highest BCUT2D eigenvalue weighted by atomic mass is 35.5. The van der Waals surface area contributed by atoms with Crippen molar-refractivity contribution in [2.45, 2.75) is 38.6 Å². The molecule has 0 bridgehead atoms. The normalized spacial score (nSPS) is 18.1. The van der Waals surface area contributed by atoms with Crippen LogP contribution in [0.25, 0.3) is 11.2 Å².